The van der Waals surface area contributed by atoms with Crippen molar-refractivity contribution < 1.29 is 4.79 Å². The highest BCUT2D eigenvalue weighted by molar-refractivity contribution is 9.10. The highest BCUT2D eigenvalue weighted by Gasteiger charge is 2.17. The molecule has 0 aliphatic rings. The van der Waals surface area contributed by atoms with E-state index in [9.17, 15) is 4.79 Å². The summed E-state index contributed by atoms with van der Waals surface area (Å²) >= 11 is 3.35. The van der Waals surface area contributed by atoms with Crippen LogP contribution in [0.15, 0.2) is 10.7 Å². The Morgan fingerprint density at radius 1 is 1.59 bits per heavy atom. The third-order valence-corrected chi connectivity index (χ3v) is 3.00. The highest BCUT2D eigenvalue weighted by Crippen LogP contribution is 2.24. The van der Waals surface area contributed by atoms with Gasteiger partial charge in [-0.3, -0.25) is 4.79 Å². The van der Waals surface area contributed by atoms with Gasteiger partial charge in [0.15, 0.2) is 11.5 Å². The molecule has 0 aliphatic heterocycles. The van der Waals surface area contributed by atoms with Crippen molar-refractivity contribution in [2.45, 2.75) is 20.3 Å². The lowest BCUT2D eigenvalue weighted by Gasteiger charge is -2.11. The molecule has 0 aromatic carbocycles. The van der Waals surface area contributed by atoms with Crippen molar-refractivity contribution in [2.24, 2.45) is 0 Å². The van der Waals surface area contributed by atoms with Gasteiger partial charge in [0, 0.05) is 7.05 Å². The van der Waals surface area contributed by atoms with Crippen molar-refractivity contribution >= 4 is 33.8 Å². The number of imidazole rings is 1. The van der Waals surface area contributed by atoms with Gasteiger partial charge in [0.25, 0.3) is 0 Å². The second kappa shape index (κ2) is 4.44. The van der Waals surface area contributed by atoms with Crippen molar-refractivity contribution in [2.75, 3.05) is 11.9 Å². The van der Waals surface area contributed by atoms with Gasteiger partial charge < -0.3 is 4.90 Å². The Labute approximate surface area is 108 Å². The zero-order valence-corrected chi connectivity index (χ0v) is 11.5. The Morgan fingerprint density at radius 2 is 2.29 bits per heavy atom. The number of rotatable bonds is 3. The molecule has 2 rings (SSSR count). The van der Waals surface area contributed by atoms with Gasteiger partial charge in [0.2, 0.25) is 6.41 Å². The Morgan fingerprint density at radius 3 is 2.88 bits per heavy atom. The predicted molar refractivity (Wildman–Crippen MR) is 69.3 cm³/mol. The van der Waals surface area contributed by atoms with Gasteiger partial charge in [-0.2, -0.15) is 9.61 Å². The average molecular weight is 297 g/mol. The monoisotopic (exact) mass is 296 g/mol. The highest BCUT2D eigenvalue weighted by atomic mass is 79.9. The molecule has 0 fully saturated rings. The first-order valence-corrected chi connectivity index (χ1v) is 6.10. The molecule has 0 N–H and O–H groups in total. The van der Waals surface area contributed by atoms with Crippen LogP contribution in [0.4, 0.5) is 5.82 Å². The van der Waals surface area contributed by atoms with Crippen molar-refractivity contribution in [3.8, 4) is 0 Å². The largest absolute Gasteiger partial charge is 0.301 e. The summed E-state index contributed by atoms with van der Waals surface area (Å²) in [5, 5.41) is 4.34. The average Bonchev–Trinajstić information content (AvgIpc) is 2.66. The molecule has 0 unspecified atom stereocenters. The first kappa shape index (κ1) is 12.0. The third kappa shape index (κ3) is 1.93. The fourth-order valence-corrected chi connectivity index (χ4v) is 2.31. The number of fused-ring (bicyclic) bond motifs is 1. The Kier molecular flexibility index (Phi) is 3.15. The first-order valence-electron chi connectivity index (χ1n) is 5.31. The van der Waals surface area contributed by atoms with Crippen LogP contribution in [0.5, 0.6) is 0 Å². The van der Waals surface area contributed by atoms with Gasteiger partial charge in [-0.05, 0) is 40.9 Å². The maximum Gasteiger partial charge on any atom is 0.215 e. The second-order valence-electron chi connectivity index (χ2n) is 3.84. The molecule has 0 radical (unpaired) electrons. The Bertz CT molecular complexity index is 578. The molecule has 0 spiro atoms. The number of nitrogens with zero attached hydrogens (tertiary/aromatic N) is 4. The number of aryl methyl sites for hydroxylation is 2. The number of hydrogen-bond acceptors (Lipinski definition) is 3. The van der Waals surface area contributed by atoms with E-state index >= 15 is 0 Å². The van der Waals surface area contributed by atoms with Gasteiger partial charge in [-0.25, -0.2) is 4.98 Å². The van der Waals surface area contributed by atoms with Crippen LogP contribution in [0.25, 0.3) is 5.65 Å². The lowest BCUT2D eigenvalue weighted by atomic mass is 10.3. The van der Waals surface area contributed by atoms with Crippen LogP contribution >= 0.6 is 15.9 Å². The summed E-state index contributed by atoms with van der Waals surface area (Å²) < 4.78 is 2.43. The molecule has 0 atom stereocenters. The van der Waals surface area contributed by atoms with E-state index in [-0.39, 0.29) is 0 Å². The third-order valence-electron chi connectivity index (χ3n) is 2.61. The lowest BCUT2D eigenvalue weighted by Crippen LogP contribution is -2.18. The summed E-state index contributed by atoms with van der Waals surface area (Å²) in [5.41, 5.74) is 2.68. The lowest BCUT2D eigenvalue weighted by molar-refractivity contribution is -0.107. The Balaban J connectivity index is 2.82. The van der Waals surface area contributed by atoms with Crippen LogP contribution in [0.2, 0.25) is 0 Å². The molecule has 0 saturated heterocycles. The second-order valence-corrected chi connectivity index (χ2v) is 4.65. The minimum absolute atomic E-state index is 0.724. The molecule has 2 aromatic heterocycles. The molecule has 6 heteroatoms. The standard InChI is InChI=1S/C11H13BrN4O/c1-4-8-11(15(3)6-17)16-10(13-8)7(2)5-9(12)14-16/h5-6H,4H2,1-3H3. The van der Waals surface area contributed by atoms with E-state index in [0.717, 1.165) is 40.2 Å². The summed E-state index contributed by atoms with van der Waals surface area (Å²) in [5.74, 6) is 0.724. The maximum atomic E-state index is 10.9. The van der Waals surface area contributed by atoms with Crippen molar-refractivity contribution in [1.82, 2.24) is 14.6 Å². The molecular weight excluding hydrogens is 284 g/mol. The summed E-state index contributed by atoms with van der Waals surface area (Å²) in [7, 11) is 1.70. The number of hydrogen-bond donors (Lipinski definition) is 0. The number of carbonyl (C=O) groups excluding carboxylic acids is 1. The molecule has 0 aliphatic carbocycles. The van der Waals surface area contributed by atoms with Crippen LogP contribution in [0.3, 0.4) is 0 Å². The zero-order chi connectivity index (χ0) is 12.6. The smallest absolute Gasteiger partial charge is 0.215 e. The SMILES string of the molecule is CCc1nc2c(C)cc(Br)nn2c1N(C)C=O. The van der Waals surface area contributed by atoms with Crippen LogP contribution < -0.4 is 4.90 Å². The number of carbonyl (C=O) groups is 1. The molecule has 90 valence electrons. The van der Waals surface area contributed by atoms with Gasteiger partial charge in [-0.1, -0.05) is 6.92 Å². The van der Waals surface area contributed by atoms with Crippen LogP contribution in [0, 0.1) is 6.92 Å². The molecule has 1 amide bonds. The molecule has 2 heterocycles. The summed E-state index contributed by atoms with van der Waals surface area (Å²) in [6, 6.07) is 1.91. The van der Waals surface area contributed by atoms with Gasteiger partial charge in [0.05, 0.1) is 5.69 Å². The number of amides is 1. The quantitative estimate of drug-likeness (QED) is 0.814. The van der Waals surface area contributed by atoms with Crippen LogP contribution in [-0.4, -0.2) is 28.1 Å². The molecule has 17 heavy (non-hydrogen) atoms. The summed E-state index contributed by atoms with van der Waals surface area (Å²) in [6.45, 7) is 3.98. The molecule has 2 aromatic rings. The topological polar surface area (TPSA) is 50.5 Å². The minimum atomic E-state index is 0.724. The summed E-state index contributed by atoms with van der Waals surface area (Å²) in [6.07, 6.45) is 1.52. The van der Waals surface area contributed by atoms with Gasteiger partial charge in [0.1, 0.15) is 4.60 Å². The van der Waals surface area contributed by atoms with Crippen LogP contribution in [0.1, 0.15) is 18.2 Å². The van der Waals surface area contributed by atoms with Gasteiger partial charge >= 0.3 is 0 Å². The number of aromatic nitrogens is 3. The Hall–Kier alpha value is -1.43. The van der Waals surface area contributed by atoms with E-state index in [2.05, 4.69) is 26.0 Å². The molecular formula is C11H13BrN4O. The van der Waals surface area contributed by atoms with Crippen molar-refractivity contribution in [3.05, 3.63) is 21.9 Å². The maximum absolute atomic E-state index is 10.9. The van der Waals surface area contributed by atoms with E-state index in [4.69, 9.17) is 0 Å². The van der Waals surface area contributed by atoms with Crippen molar-refractivity contribution in [1.29, 1.82) is 0 Å². The first-order chi connectivity index (χ1) is 8.08. The van der Waals surface area contributed by atoms with E-state index in [1.54, 1.807) is 11.6 Å². The molecule has 0 bridgehead atoms. The minimum Gasteiger partial charge on any atom is -0.301 e. The van der Waals surface area contributed by atoms with Crippen LogP contribution in [-0.2, 0) is 11.2 Å². The van der Waals surface area contributed by atoms with Crippen molar-refractivity contribution in [3.63, 3.8) is 0 Å². The van der Waals surface area contributed by atoms with E-state index in [1.807, 2.05) is 19.9 Å². The molecule has 0 saturated carbocycles. The summed E-state index contributed by atoms with van der Waals surface area (Å²) in [4.78, 5) is 16.9. The van der Waals surface area contributed by atoms with Gasteiger partial charge in [-0.15, -0.1) is 0 Å². The fourth-order valence-electron chi connectivity index (χ4n) is 1.81. The number of halogens is 1. The number of anilines is 1. The zero-order valence-electron chi connectivity index (χ0n) is 9.94. The molecule has 5 nitrogen and oxygen atoms in total. The van der Waals surface area contributed by atoms with E-state index in [1.165, 1.54) is 4.90 Å². The van der Waals surface area contributed by atoms with E-state index < -0.39 is 0 Å². The van der Waals surface area contributed by atoms with E-state index in [0.29, 0.717) is 0 Å². The fraction of sp³-hybridized carbons (Fsp3) is 0.364. The predicted octanol–water partition coefficient (Wildman–Crippen LogP) is 1.96. The normalized spacial score (nSPS) is 10.8.